The minimum Gasteiger partial charge on any atom is -0.496 e. The summed E-state index contributed by atoms with van der Waals surface area (Å²) in [7, 11) is 3.50. The number of fused-ring (bicyclic) bond motifs is 1. The Kier molecular flexibility index (Phi) is 3.87. The summed E-state index contributed by atoms with van der Waals surface area (Å²) in [6, 6.07) is 9.99. The van der Waals surface area contributed by atoms with Gasteiger partial charge in [-0.2, -0.15) is 4.98 Å². The Morgan fingerprint density at radius 3 is 2.86 bits per heavy atom. The lowest BCUT2D eigenvalue weighted by Gasteiger charge is -2.11. The topological polar surface area (TPSA) is 59.1 Å². The van der Waals surface area contributed by atoms with Crippen LogP contribution in [0.25, 0.3) is 10.2 Å². The number of hydrogen-bond acceptors (Lipinski definition) is 6. The Bertz CT molecular complexity index is 756. The number of rotatable bonds is 5. The average Bonchev–Trinajstić information content (AvgIpc) is 3.01. The van der Waals surface area contributed by atoms with Crippen LogP contribution < -0.4 is 15.4 Å². The van der Waals surface area contributed by atoms with Gasteiger partial charge >= 0.3 is 0 Å². The first-order valence-corrected chi connectivity index (χ1v) is 7.48. The fourth-order valence-electron chi connectivity index (χ4n) is 2.13. The normalized spacial score (nSPS) is 10.6. The molecule has 0 aliphatic carbocycles. The summed E-state index contributed by atoms with van der Waals surface area (Å²) in [5, 5.41) is 9.42. The quantitative estimate of drug-likeness (QED) is 0.756. The maximum absolute atomic E-state index is 5.37. The number of nitrogens with zero attached hydrogens (tertiary/aromatic N) is 2. The highest BCUT2D eigenvalue weighted by Gasteiger charge is 2.09. The molecule has 0 atom stereocenters. The molecule has 2 heterocycles. The van der Waals surface area contributed by atoms with Gasteiger partial charge in [0.15, 0.2) is 0 Å². The molecule has 0 spiro atoms. The van der Waals surface area contributed by atoms with Crippen LogP contribution in [0.1, 0.15) is 5.56 Å². The molecule has 21 heavy (non-hydrogen) atoms. The largest absolute Gasteiger partial charge is 0.496 e. The third kappa shape index (κ3) is 2.75. The first-order chi connectivity index (χ1) is 10.3. The summed E-state index contributed by atoms with van der Waals surface area (Å²) < 4.78 is 5.37. The van der Waals surface area contributed by atoms with Gasteiger partial charge in [0.05, 0.1) is 12.5 Å². The second-order valence-corrected chi connectivity index (χ2v) is 5.35. The van der Waals surface area contributed by atoms with Crippen molar-refractivity contribution in [3.05, 3.63) is 41.3 Å². The molecule has 0 saturated carbocycles. The van der Waals surface area contributed by atoms with Crippen LogP contribution >= 0.6 is 11.3 Å². The van der Waals surface area contributed by atoms with Crippen molar-refractivity contribution in [2.45, 2.75) is 6.54 Å². The maximum atomic E-state index is 5.37. The van der Waals surface area contributed by atoms with E-state index >= 15 is 0 Å². The van der Waals surface area contributed by atoms with Crippen molar-refractivity contribution in [2.75, 3.05) is 24.8 Å². The molecule has 0 fully saturated rings. The number of aromatic nitrogens is 2. The summed E-state index contributed by atoms with van der Waals surface area (Å²) in [6.07, 6.45) is 0. The van der Waals surface area contributed by atoms with Gasteiger partial charge in [-0.1, -0.05) is 18.2 Å². The van der Waals surface area contributed by atoms with Crippen molar-refractivity contribution in [3.8, 4) is 5.75 Å². The minimum atomic E-state index is 0.618. The van der Waals surface area contributed by atoms with E-state index in [2.05, 4.69) is 20.6 Å². The maximum Gasteiger partial charge on any atom is 0.225 e. The van der Waals surface area contributed by atoms with E-state index in [4.69, 9.17) is 4.74 Å². The highest BCUT2D eigenvalue weighted by Crippen LogP contribution is 2.27. The number of hydrogen-bond donors (Lipinski definition) is 2. The fourth-order valence-corrected chi connectivity index (χ4v) is 2.89. The summed E-state index contributed by atoms with van der Waals surface area (Å²) in [6.45, 7) is 0.648. The molecule has 0 aliphatic heterocycles. The molecular weight excluding hydrogens is 284 g/mol. The number of thiophene rings is 1. The van der Waals surface area contributed by atoms with Crippen LogP contribution in [0.3, 0.4) is 0 Å². The molecule has 0 unspecified atom stereocenters. The smallest absolute Gasteiger partial charge is 0.225 e. The van der Waals surface area contributed by atoms with E-state index in [-0.39, 0.29) is 0 Å². The van der Waals surface area contributed by atoms with Gasteiger partial charge in [-0.05, 0) is 17.5 Å². The van der Waals surface area contributed by atoms with Gasteiger partial charge in [0.25, 0.3) is 0 Å². The van der Waals surface area contributed by atoms with Crippen molar-refractivity contribution in [3.63, 3.8) is 0 Å². The molecule has 2 N–H and O–H groups in total. The van der Waals surface area contributed by atoms with Gasteiger partial charge < -0.3 is 15.4 Å². The zero-order valence-corrected chi connectivity index (χ0v) is 12.7. The van der Waals surface area contributed by atoms with Gasteiger partial charge in [0, 0.05) is 19.2 Å². The molecule has 0 aliphatic rings. The lowest BCUT2D eigenvalue weighted by molar-refractivity contribution is 0.410. The predicted molar refractivity (Wildman–Crippen MR) is 87.3 cm³/mol. The zero-order valence-electron chi connectivity index (χ0n) is 11.9. The highest BCUT2D eigenvalue weighted by molar-refractivity contribution is 7.16. The Balaban J connectivity index is 1.89. The molecular formula is C15H16N4OS. The van der Waals surface area contributed by atoms with Gasteiger partial charge in [-0.15, -0.1) is 11.3 Å². The summed E-state index contributed by atoms with van der Waals surface area (Å²) in [5.41, 5.74) is 1.09. The first-order valence-electron chi connectivity index (χ1n) is 6.60. The molecule has 6 heteroatoms. The number of benzene rings is 1. The first kappa shape index (κ1) is 13.6. The van der Waals surface area contributed by atoms with Crippen LogP contribution in [0.5, 0.6) is 5.75 Å². The number of methoxy groups -OCH3 is 1. The number of nitrogens with one attached hydrogen (secondary N) is 2. The van der Waals surface area contributed by atoms with Crippen LogP contribution in [-0.4, -0.2) is 24.1 Å². The van der Waals surface area contributed by atoms with Crippen LogP contribution in [-0.2, 0) is 6.54 Å². The molecule has 2 aromatic heterocycles. The van der Waals surface area contributed by atoms with E-state index in [0.29, 0.717) is 12.5 Å². The third-order valence-electron chi connectivity index (χ3n) is 3.19. The summed E-state index contributed by atoms with van der Waals surface area (Å²) >= 11 is 1.60. The molecule has 0 bridgehead atoms. The lowest BCUT2D eigenvalue weighted by atomic mass is 10.2. The van der Waals surface area contributed by atoms with E-state index in [1.807, 2.05) is 42.8 Å². The third-order valence-corrected chi connectivity index (χ3v) is 3.99. The van der Waals surface area contributed by atoms with Crippen LogP contribution in [0.2, 0.25) is 0 Å². The minimum absolute atomic E-state index is 0.618. The van der Waals surface area contributed by atoms with Crippen LogP contribution in [0.15, 0.2) is 35.7 Å². The van der Waals surface area contributed by atoms with Gasteiger partial charge in [0.1, 0.15) is 16.4 Å². The van der Waals surface area contributed by atoms with Gasteiger partial charge in [-0.25, -0.2) is 4.98 Å². The Labute approximate surface area is 127 Å². The SMILES string of the molecule is CNc1nc(NCc2ccccc2OC)c2ccsc2n1. The summed E-state index contributed by atoms with van der Waals surface area (Å²) in [4.78, 5) is 9.90. The van der Waals surface area contributed by atoms with Crippen molar-refractivity contribution in [2.24, 2.45) is 0 Å². The van der Waals surface area contributed by atoms with Gasteiger partial charge in [0.2, 0.25) is 5.95 Å². The molecule has 3 rings (SSSR count). The van der Waals surface area contributed by atoms with Crippen molar-refractivity contribution >= 4 is 33.3 Å². The van der Waals surface area contributed by atoms with Crippen molar-refractivity contribution in [1.29, 1.82) is 0 Å². The molecule has 0 amide bonds. The molecule has 0 saturated heterocycles. The van der Waals surface area contributed by atoms with E-state index in [9.17, 15) is 0 Å². The highest BCUT2D eigenvalue weighted by atomic mass is 32.1. The molecule has 0 radical (unpaired) electrons. The Hall–Kier alpha value is -2.34. The molecule has 108 valence electrons. The standard InChI is InChI=1S/C15H16N4OS/c1-16-15-18-13(11-7-8-21-14(11)19-15)17-9-10-5-3-4-6-12(10)20-2/h3-8H,9H2,1-2H3,(H2,16,17,18,19). The average molecular weight is 300 g/mol. The Morgan fingerprint density at radius 1 is 1.19 bits per heavy atom. The second-order valence-electron chi connectivity index (χ2n) is 4.45. The van der Waals surface area contributed by atoms with E-state index in [1.54, 1.807) is 18.4 Å². The summed E-state index contributed by atoms with van der Waals surface area (Å²) in [5.74, 6) is 2.32. The molecule has 3 aromatic rings. The second kappa shape index (κ2) is 5.97. The zero-order chi connectivity index (χ0) is 14.7. The number of anilines is 2. The van der Waals surface area contributed by atoms with E-state index < -0.39 is 0 Å². The Morgan fingerprint density at radius 2 is 2.05 bits per heavy atom. The molecule has 1 aromatic carbocycles. The fraction of sp³-hybridized carbons (Fsp3) is 0.200. The van der Waals surface area contributed by atoms with Crippen molar-refractivity contribution < 1.29 is 4.74 Å². The monoisotopic (exact) mass is 300 g/mol. The predicted octanol–water partition coefficient (Wildman–Crippen LogP) is 3.35. The lowest BCUT2D eigenvalue weighted by Crippen LogP contribution is -2.05. The van der Waals surface area contributed by atoms with Crippen molar-refractivity contribution in [1.82, 2.24) is 9.97 Å². The molecule has 5 nitrogen and oxygen atoms in total. The van der Waals surface area contributed by atoms with Crippen LogP contribution in [0, 0.1) is 0 Å². The van der Waals surface area contributed by atoms with Crippen LogP contribution in [0.4, 0.5) is 11.8 Å². The van der Waals surface area contributed by atoms with E-state index in [1.165, 1.54) is 0 Å². The number of para-hydroxylation sites is 1. The number of ether oxygens (including phenoxy) is 1. The van der Waals surface area contributed by atoms with E-state index in [0.717, 1.165) is 27.3 Å². The van der Waals surface area contributed by atoms with Gasteiger partial charge in [-0.3, -0.25) is 0 Å².